The molecule has 1 aliphatic heterocycles. The number of aromatic nitrogens is 1. The number of piperidine rings is 1. The molecule has 94 valence electrons. The summed E-state index contributed by atoms with van der Waals surface area (Å²) in [6, 6.07) is 0.579. The molecule has 1 aromatic rings. The highest BCUT2D eigenvalue weighted by molar-refractivity contribution is 5.85. The summed E-state index contributed by atoms with van der Waals surface area (Å²) in [5.74, 6) is -0.591. The van der Waals surface area contributed by atoms with Crippen LogP contribution in [0.25, 0.3) is 0 Å². The quantitative estimate of drug-likeness (QED) is 0.823. The number of likely N-dealkylation sites (tertiary alicyclic amines) is 1. The van der Waals surface area contributed by atoms with Crippen LogP contribution in [0.2, 0.25) is 0 Å². The molecule has 17 heavy (non-hydrogen) atoms. The number of carboxylic acid groups (broad SMARTS) is 1. The van der Waals surface area contributed by atoms with Crippen LogP contribution in [0.4, 0.5) is 6.01 Å². The van der Waals surface area contributed by atoms with E-state index in [-0.39, 0.29) is 11.7 Å². The molecule has 1 saturated heterocycles. The smallest absolute Gasteiger partial charge is 0.357 e. The predicted molar refractivity (Wildman–Crippen MR) is 62.2 cm³/mol. The second-order valence-corrected chi connectivity index (χ2v) is 4.62. The van der Waals surface area contributed by atoms with E-state index in [9.17, 15) is 4.79 Å². The van der Waals surface area contributed by atoms with Crippen molar-refractivity contribution in [1.29, 1.82) is 0 Å². The van der Waals surface area contributed by atoms with Gasteiger partial charge in [0.2, 0.25) is 0 Å². The zero-order chi connectivity index (χ0) is 12.4. The summed E-state index contributed by atoms with van der Waals surface area (Å²) in [5.41, 5.74) is -0.0620. The fourth-order valence-corrected chi connectivity index (χ4v) is 2.17. The van der Waals surface area contributed by atoms with Crippen molar-refractivity contribution in [2.45, 2.75) is 19.4 Å². The Morgan fingerprint density at radius 2 is 2.47 bits per heavy atom. The van der Waals surface area contributed by atoms with Crippen LogP contribution >= 0.6 is 0 Å². The molecule has 2 heterocycles. The Hall–Kier alpha value is -1.56. The third-order valence-electron chi connectivity index (χ3n) is 3.14. The van der Waals surface area contributed by atoms with Crippen molar-refractivity contribution in [2.24, 2.45) is 5.92 Å². The summed E-state index contributed by atoms with van der Waals surface area (Å²) in [6.45, 7) is 4.20. The highest BCUT2D eigenvalue weighted by atomic mass is 16.4. The standard InChI is InChI=1S/C11H17N3O3/c1-7-5-14(2)4-3-8(7)12-11-13-9(6-17-11)10(15)16/h6-8H,3-5H2,1-2H3,(H,12,13)(H,15,16). The molecule has 0 amide bonds. The molecular weight excluding hydrogens is 222 g/mol. The van der Waals surface area contributed by atoms with Gasteiger partial charge in [0.1, 0.15) is 6.26 Å². The molecule has 0 saturated carbocycles. The number of aromatic carboxylic acids is 1. The van der Waals surface area contributed by atoms with Gasteiger partial charge in [-0.05, 0) is 25.9 Å². The molecule has 2 rings (SSSR count). The maximum Gasteiger partial charge on any atom is 0.357 e. The largest absolute Gasteiger partial charge is 0.476 e. The Bertz CT molecular complexity index is 404. The van der Waals surface area contributed by atoms with Crippen molar-refractivity contribution < 1.29 is 14.3 Å². The second kappa shape index (κ2) is 4.75. The molecule has 2 N–H and O–H groups in total. The minimum Gasteiger partial charge on any atom is -0.476 e. The second-order valence-electron chi connectivity index (χ2n) is 4.62. The van der Waals surface area contributed by atoms with Crippen molar-refractivity contribution in [3.8, 4) is 0 Å². The van der Waals surface area contributed by atoms with Crippen LogP contribution in [0.15, 0.2) is 10.7 Å². The van der Waals surface area contributed by atoms with E-state index in [2.05, 4.69) is 29.2 Å². The van der Waals surface area contributed by atoms with E-state index in [4.69, 9.17) is 9.52 Å². The van der Waals surface area contributed by atoms with Gasteiger partial charge >= 0.3 is 5.97 Å². The maximum atomic E-state index is 10.7. The van der Waals surface area contributed by atoms with Crippen LogP contribution in [0.1, 0.15) is 23.8 Å². The Kier molecular flexibility index (Phi) is 3.33. The molecule has 0 aliphatic carbocycles. The summed E-state index contributed by atoms with van der Waals surface area (Å²) < 4.78 is 5.09. The molecule has 0 bridgehead atoms. The van der Waals surface area contributed by atoms with E-state index in [1.807, 2.05) is 0 Å². The van der Waals surface area contributed by atoms with Gasteiger partial charge in [-0.2, -0.15) is 4.98 Å². The fraction of sp³-hybridized carbons (Fsp3) is 0.636. The first-order valence-corrected chi connectivity index (χ1v) is 5.70. The lowest BCUT2D eigenvalue weighted by atomic mass is 9.94. The summed E-state index contributed by atoms with van der Waals surface area (Å²) in [4.78, 5) is 16.8. The van der Waals surface area contributed by atoms with E-state index < -0.39 is 5.97 Å². The van der Waals surface area contributed by atoms with Crippen LogP contribution in [0.5, 0.6) is 0 Å². The number of hydrogen-bond donors (Lipinski definition) is 2. The fourth-order valence-electron chi connectivity index (χ4n) is 2.17. The van der Waals surface area contributed by atoms with Crippen molar-refractivity contribution in [2.75, 3.05) is 25.5 Å². The normalized spacial score (nSPS) is 25.8. The summed E-state index contributed by atoms with van der Waals surface area (Å²) >= 11 is 0. The minimum absolute atomic E-state index is 0.0620. The first kappa shape index (κ1) is 11.9. The number of oxazole rings is 1. The highest BCUT2D eigenvalue weighted by Crippen LogP contribution is 2.20. The van der Waals surface area contributed by atoms with Gasteiger partial charge in [0.05, 0.1) is 0 Å². The van der Waals surface area contributed by atoms with Gasteiger partial charge in [0.25, 0.3) is 6.01 Å². The summed E-state index contributed by atoms with van der Waals surface area (Å²) in [5, 5.41) is 11.9. The molecule has 6 nitrogen and oxygen atoms in total. The molecule has 6 heteroatoms. The van der Waals surface area contributed by atoms with Crippen LogP contribution in [0.3, 0.4) is 0 Å². The number of rotatable bonds is 3. The van der Waals surface area contributed by atoms with Crippen LogP contribution in [-0.2, 0) is 0 Å². The van der Waals surface area contributed by atoms with Crippen molar-refractivity contribution in [3.05, 3.63) is 12.0 Å². The molecular formula is C11H17N3O3. The number of nitrogens with zero attached hydrogens (tertiary/aromatic N) is 2. The average Bonchev–Trinajstić information content (AvgIpc) is 2.71. The number of nitrogens with one attached hydrogen (secondary N) is 1. The molecule has 0 radical (unpaired) electrons. The van der Waals surface area contributed by atoms with Crippen LogP contribution in [0, 0.1) is 5.92 Å². The Morgan fingerprint density at radius 1 is 1.71 bits per heavy atom. The average molecular weight is 239 g/mol. The van der Waals surface area contributed by atoms with E-state index in [0.717, 1.165) is 25.8 Å². The Balaban J connectivity index is 1.98. The molecule has 0 aromatic carbocycles. The lowest BCUT2D eigenvalue weighted by Crippen LogP contribution is -2.43. The highest BCUT2D eigenvalue weighted by Gasteiger charge is 2.25. The van der Waals surface area contributed by atoms with Crippen molar-refractivity contribution >= 4 is 12.0 Å². The van der Waals surface area contributed by atoms with Gasteiger partial charge in [-0.1, -0.05) is 6.92 Å². The van der Waals surface area contributed by atoms with Gasteiger partial charge in [0, 0.05) is 12.6 Å². The molecule has 1 aromatic heterocycles. The first-order valence-electron chi connectivity index (χ1n) is 5.70. The monoisotopic (exact) mass is 239 g/mol. The summed E-state index contributed by atoms with van der Waals surface area (Å²) in [6.07, 6.45) is 2.16. The first-order chi connectivity index (χ1) is 8.06. The zero-order valence-corrected chi connectivity index (χ0v) is 10.0. The Labute approximate surface area is 99.6 Å². The SMILES string of the molecule is CC1CN(C)CCC1Nc1nc(C(=O)O)co1. The van der Waals surface area contributed by atoms with E-state index in [0.29, 0.717) is 11.9 Å². The van der Waals surface area contributed by atoms with Crippen molar-refractivity contribution in [3.63, 3.8) is 0 Å². The lowest BCUT2D eigenvalue weighted by molar-refractivity contribution is 0.0690. The number of hydrogen-bond acceptors (Lipinski definition) is 5. The van der Waals surface area contributed by atoms with Crippen LogP contribution < -0.4 is 5.32 Å². The topological polar surface area (TPSA) is 78.6 Å². The molecule has 1 fully saturated rings. The number of anilines is 1. The molecule has 0 spiro atoms. The van der Waals surface area contributed by atoms with Gasteiger partial charge in [-0.25, -0.2) is 4.79 Å². The number of carboxylic acids is 1. The third-order valence-corrected chi connectivity index (χ3v) is 3.14. The van der Waals surface area contributed by atoms with E-state index in [1.54, 1.807) is 0 Å². The maximum absolute atomic E-state index is 10.7. The molecule has 1 aliphatic rings. The molecule has 2 atom stereocenters. The number of carbonyl (C=O) groups is 1. The van der Waals surface area contributed by atoms with Crippen molar-refractivity contribution in [1.82, 2.24) is 9.88 Å². The van der Waals surface area contributed by atoms with E-state index >= 15 is 0 Å². The predicted octanol–water partition coefficient (Wildman–Crippen LogP) is 1.12. The van der Waals surface area contributed by atoms with Gasteiger partial charge in [-0.3, -0.25) is 0 Å². The third kappa shape index (κ3) is 2.76. The summed E-state index contributed by atoms with van der Waals surface area (Å²) in [7, 11) is 2.10. The molecule has 2 unspecified atom stereocenters. The van der Waals surface area contributed by atoms with Gasteiger partial charge in [0.15, 0.2) is 5.69 Å². The van der Waals surface area contributed by atoms with Gasteiger partial charge < -0.3 is 19.7 Å². The van der Waals surface area contributed by atoms with Gasteiger partial charge in [-0.15, -0.1) is 0 Å². The van der Waals surface area contributed by atoms with E-state index in [1.165, 1.54) is 0 Å². The zero-order valence-electron chi connectivity index (χ0n) is 10.0. The Morgan fingerprint density at radius 3 is 3.06 bits per heavy atom. The van der Waals surface area contributed by atoms with Crippen LogP contribution in [-0.4, -0.2) is 47.1 Å². The lowest BCUT2D eigenvalue weighted by Gasteiger charge is -2.34. The minimum atomic E-state index is -1.07.